The van der Waals surface area contributed by atoms with Crippen LogP contribution in [-0.2, 0) is 0 Å². The van der Waals surface area contributed by atoms with Crippen LogP contribution in [-0.4, -0.2) is 17.1 Å². The fraction of sp³-hybridized carbons (Fsp3) is 0.231. The van der Waals surface area contributed by atoms with Gasteiger partial charge in [-0.1, -0.05) is 6.07 Å². The number of aryl methyl sites for hydroxylation is 1. The van der Waals surface area contributed by atoms with Crippen LogP contribution in [0, 0.1) is 6.92 Å². The summed E-state index contributed by atoms with van der Waals surface area (Å²) in [5.41, 5.74) is 0.413. The number of hydrogen-bond acceptors (Lipinski definition) is 4. The highest BCUT2D eigenvalue weighted by atomic mass is 19.3. The summed E-state index contributed by atoms with van der Waals surface area (Å²) < 4.78 is 30.4. The average molecular weight is 265 g/mol. The Hall–Kier alpha value is -2.24. The van der Waals surface area contributed by atoms with Crippen molar-refractivity contribution >= 4 is 11.5 Å². The lowest BCUT2D eigenvalue weighted by Gasteiger charge is -2.09. The third-order valence-electron chi connectivity index (χ3n) is 2.42. The van der Waals surface area contributed by atoms with Gasteiger partial charge in [0.2, 0.25) is 0 Å². The number of ether oxygens (including phenoxy) is 1. The van der Waals surface area contributed by atoms with Gasteiger partial charge in [0.1, 0.15) is 23.1 Å². The Morgan fingerprint density at radius 1 is 1.21 bits per heavy atom. The SMILES string of the molecule is COc1cccc(Nc2cc(C(F)F)nc(C)n2)c1. The van der Waals surface area contributed by atoms with E-state index in [2.05, 4.69) is 15.3 Å². The summed E-state index contributed by atoms with van der Waals surface area (Å²) >= 11 is 0. The molecule has 6 heteroatoms. The van der Waals surface area contributed by atoms with E-state index in [1.54, 1.807) is 38.3 Å². The molecule has 0 spiro atoms. The molecular formula is C13H13F2N3O. The van der Waals surface area contributed by atoms with Crippen LogP contribution in [0.5, 0.6) is 5.75 Å². The number of hydrogen-bond donors (Lipinski definition) is 1. The predicted molar refractivity (Wildman–Crippen MR) is 68.0 cm³/mol. The van der Waals surface area contributed by atoms with Gasteiger partial charge < -0.3 is 10.1 Å². The van der Waals surface area contributed by atoms with Crippen LogP contribution in [0.2, 0.25) is 0 Å². The van der Waals surface area contributed by atoms with Crippen molar-refractivity contribution in [1.29, 1.82) is 0 Å². The van der Waals surface area contributed by atoms with Gasteiger partial charge in [-0.25, -0.2) is 18.7 Å². The van der Waals surface area contributed by atoms with Gasteiger partial charge in [-0.2, -0.15) is 0 Å². The molecule has 0 radical (unpaired) electrons. The maximum Gasteiger partial charge on any atom is 0.280 e. The van der Waals surface area contributed by atoms with E-state index in [1.165, 1.54) is 6.07 Å². The monoisotopic (exact) mass is 265 g/mol. The molecule has 0 bridgehead atoms. The highest BCUT2D eigenvalue weighted by Gasteiger charge is 2.11. The Bertz CT molecular complexity index is 576. The van der Waals surface area contributed by atoms with Crippen molar-refractivity contribution in [2.24, 2.45) is 0 Å². The molecule has 2 aromatic rings. The molecule has 1 aromatic heterocycles. The highest BCUT2D eigenvalue weighted by molar-refractivity contribution is 5.58. The summed E-state index contributed by atoms with van der Waals surface area (Å²) in [5, 5.41) is 2.95. The number of benzene rings is 1. The molecule has 0 fully saturated rings. The van der Waals surface area contributed by atoms with Crippen LogP contribution >= 0.6 is 0 Å². The van der Waals surface area contributed by atoms with E-state index in [0.29, 0.717) is 23.1 Å². The second-order valence-electron chi connectivity index (χ2n) is 3.88. The second-order valence-corrected chi connectivity index (χ2v) is 3.88. The van der Waals surface area contributed by atoms with Crippen molar-refractivity contribution in [1.82, 2.24) is 9.97 Å². The Labute approximate surface area is 109 Å². The summed E-state index contributed by atoms with van der Waals surface area (Å²) in [7, 11) is 1.56. The molecular weight excluding hydrogens is 252 g/mol. The normalized spacial score (nSPS) is 10.6. The van der Waals surface area contributed by atoms with Gasteiger partial charge in [-0.05, 0) is 19.1 Å². The van der Waals surface area contributed by atoms with Crippen molar-refractivity contribution in [3.05, 3.63) is 41.9 Å². The summed E-state index contributed by atoms with van der Waals surface area (Å²) in [6.07, 6.45) is -2.62. The van der Waals surface area contributed by atoms with E-state index in [9.17, 15) is 8.78 Å². The molecule has 0 aliphatic heterocycles. The maximum absolute atomic E-state index is 12.6. The minimum atomic E-state index is -2.62. The molecule has 0 amide bonds. The van der Waals surface area contributed by atoms with Gasteiger partial charge in [0, 0.05) is 17.8 Å². The van der Waals surface area contributed by atoms with Gasteiger partial charge in [0.15, 0.2) is 0 Å². The molecule has 19 heavy (non-hydrogen) atoms. The third kappa shape index (κ3) is 3.37. The quantitative estimate of drug-likeness (QED) is 0.919. The molecule has 1 heterocycles. The first kappa shape index (κ1) is 13.2. The zero-order valence-corrected chi connectivity index (χ0v) is 10.5. The number of rotatable bonds is 4. The van der Waals surface area contributed by atoms with Crippen molar-refractivity contribution in [2.75, 3.05) is 12.4 Å². The van der Waals surface area contributed by atoms with Gasteiger partial charge in [0.25, 0.3) is 6.43 Å². The molecule has 0 saturated heterocycles. The van der Waals surface area contributed by atoms with E-state index in [0.717, 1.165) is 0 Å². The van der Waals surface area contributed by atoms with Crippen LogP contribution < -0.4 is 10.1 Å². The molecule has 0 saturated carbocycles. The van der Waals surface area contributed by atoms with Crippen molar-refractivity contribution in [3.8, 4) is 5.75 Å². The summed E-state index contributed by atoms with van der Waals surface area (Å²) in [4.78, 5) is 7.75. The lowest BCUT2D eigenvalue weighted by atomic mass is 10.3. The van der Waals surface area contributed by atoms with E-state index in [4.69, 9.17) is 4.74 Å². The number of nitrogens with one attached hydrogen (secondary N) is 1. The van der Waals surface area contributed by atoms with E-state index < -0.39 is 6.43 Å². The summed E-state index contributed by atoms with van der Waals surface area (Å²) in [6.45, 7) is 1.57. The fourth-order valence-electron chi connectivity index (χ4n) is 1.62. The molecule has 0 aliphatic rings. The molecule has 1 aromatic carbocycles. The molecule has 100 valence electrons. The molecule has 0 unspecified atom stereocenters. The van der Waals surface area contributed by atoms with Crippen molar-refractivity contribution in [2.45, 2.75) is 13.3 Å². The van der Waals surface area contributed by atoms with Gasteiger partial charge >= 0.3 is 0 Å². The average Bonchev–Trinajstić information content (AvgIpc) is 2.38. The number of alkyl halides is 2. The summed E-state index contributed by atoms with van der Waals surface area (Å²) in [5.74, 6) is 1.30. The van der Waals surface area contributed by atoms with E-state index in [1.807, 2.05) is 0 Å². The number of anilines is 2. The topological polar surface area (TPSA) is 47.0 Å². The third-order valence-corrected chi connectivity index (χ3v) is 2.42. The number of nitrogens with zero attached hydrogens (tertiary/aromatic N) is 2. The van der Waals surface area contributed by atoms with Gasteiger partial charge in [-0.15, -0.1) is 0 Å². The Balaban J connectivity index is 2.27. The van der Waals surface area contributed by atoms with Gasteiger partial charge in [0.05, 0.1) is 7.11 Å². The zero-order chi connectivity index (χ0) is 13.8. The van der Waals surface area contributed by atoms with E-state index in [-0.39, 0.29) is 5.69 Å². The van der Waals surface area contributed by atoms with Crippen molar-refractivity contribution in [3.63, 3.8) is 0 Å². The smallest absolute Gasteiger partial charge is 0.280 e. The van der Waals surface area contributed by atoms with Crippen LogP contribution in [0.15, 0.2) is 30.3 Å². The minimum absolute atomic E-state index is 0.294. The Morgan fingerprint density at radius 3 is 2.68 bits per heavy atom. The van der Waals surface area contributed by atoms with Gasteiger partial charge in [-0.3, -0.25) is 0 Å². The second kappa shape index (κ2) is 5.60. The number of halogens is 2. The molecule has 0 aliphatic carbocycles. The van der Waals surface area contributed by atoms with Crippen LogP contribution in [0.4, 0.5) is 20.3 Å². The van der Waals surface area contributed by atoms with Crippen LogP contribution in [0.3, 0.4) is 0 Å². The Morgan fingerprint density at radius 2 is 2.00 bits per heavy atom. The molecule has 1 N–H and O–H groups in total. The first-order valence-electron chi connectivity index (χ1n) is 5.63. The number of aromatic nitrogens is 2. The standard InChI is InChI=1S/C13H13F2N3O/c1-8-16-11(13(14)15)7-12(17-8)18-9-4-3-5-10(6-9)19-2/h3-7,13H,1-2H3,(H,16,17,18). The summed E-state index contributed by atoms with van der Waals surface area (Å²) in [6, 6.07) is 8.36. The Kier molecular flexibility index (Phi) is 3.89. The zero-order valence-electron chi connectivity index (χ0n) is 10.5. The van der Waals surface area contributed by atoms with E-state index >= 15 is 0 Å². The predicted octanol–water partition coefficient (Wildman–Crippen LogP) is 3.47. The van der Waals surface area contributed by atoms with Crippen LogP contribution in [0.1, 0.15) is 17.9 Å². The first-order valence-corrected chi connectivity index (χ1v) is 5.63. The molecule has 2 rings (SSSR count). The largest absolute Gasteiger partial charge is 0.497 e. The first-order chi connectivity index (χ1) is 9.08. The minimum Gasteiger partial charge on any atom is -0.497 e. The maximum atomic E-state index is 12.6. The fourth-order valence-corrected chi connectivity index (χ4v) is 1.62. The highest BCUT2D eigenvalue weighted by Crippen LogP contribution is 2.23. The molecule has 0 atom stereocenters. The molecule has 4 nitrogen and oxygen atoms in total. The lowest BCUT2D eigenvalue weighted by molar-refractivity contribution is 0.145. The lowest BCUT2D eigenvalue weighted by Crippen LogP contribution is -2.01. The van der Waals surface area contributed by atoms with Crippen molar-refractivity contribution < 1.29 is 13.5 Å². The van der Waals surface area contributed by atoms with Crippen LogP contribution in [0.25, 0.3) is 0 Å². The number of methoxy groups -OCH3 is 1.